The van der Waals surface area contributed by atoms with Crippen LogP contribution in [0, 0.1) is 11.8 Å². The van der Waals surface area contributed by atoms with Crippen molar-refractivity contribution in [3.8, 4) is 0 Å². The van der Waals surface area contributed by atoms with Gasteiger partial charge in [-0.2, -0.15) is 0 Å². The van der Waals surface area contributed by atoms with Gasteiger partial charge in [-0.3, -0.25) is 4.79 Å². The summed E-state index contributed by atoms with van der Waals surface area (Å²) >= 11 is 0. The van der Waals surface area contributed by atoms with Crippen LogP contribution in [0.15, 0.2) is 24.3 Å². The van der Waals surface area contributed by atoms with Crippen molar-refractivity contribution in [1.29, 1.82) is 0 Å². The third-order valence-electron chi connectivity index (χ3n) is 4.62. The maximum absolute atomic E-state index is 12.0. The normalized spacial score (nSPS) is 26.6. The standard InChI is InChI=1S/C16H20N2O3/c19-15(20)9-10-2-5-13(6-3-10)17-16(21)18-14-8-11-1-4-12(14)7-11/h2-3,5-6,11-12,14H,1,4,7-9H2,(H,19,20)(H2,17,18,21). The maximum atomic E-state index is 12.0. The van der Waals surface area contributed by atoms with Crippen LogP contribution >= 0.6 is 0 Å². The molecule has 0 radical (unpaired) electrons. The van der Waals surface area contributed by atoms with Crippen LogP contribution < -0.4 is 10.6 Å². The molecule has 5 nitrogen and oxygen atoms in total. The molecule has 2 aliphatic carbocycles. The summed E-state index contributed by atoms with van der Waals surface area (Å²) in [6, 6.07) is 7.06. The largest absolute Gasteiger partial charge is 0.481 e. The topological polar surface area (TPSA) is 78.4 Å². The first-order valence-electron chi connectivity index (χ1n) is 7.48. The van der Waals surface area contributed by atoms with Gasteiger partial charge in [0.2, 0.25) is 0 Å². The van der Waals surface area contributed by atoms with Crippen LogP contribution in [0.4, 0.5) is 10.5 Å². The number of amides is 2. The fourth-order valence-electron chi connectivity index (χ4n) is 3.64. The first kappa shape index (κ1) is 13.9. The van der Waals surface area contributed by atoms with E-state index in [1.54, 1.807) is 24.3 Å². The summed E-state index contributed by atoms with van der Waals surface area (Å²) in [6.07, 6.45) is 4.91. The first-order chi connectivity index (χ1) is 10.1. The van der Waals surface area contributed by atoms with Crippen molar-refractivity contribution in [2.24, 2.45) is 11.8 Å². The van der Waals surface area contributed by atoms with Gasteiger partial charge in [0.1, 0.15) is 0 Å². The number of carboxylic acids is 1. The molecule has 2 bridgehead atoms. The molecule has 2 amide bonds. The predicted octanol–water partition coefficient (Wildman–Crippen LogP) is 2.62. The lowest BCUT2D eigenvalue weighted by Crippen LogP contribution is -2.40. The Labute approximate surface area is 123 Å². The molecule has 2 saturated carbocycles. The van der Waals surface area contributed by atoms with Crippen molar-refractivity contribution in [3.63, 3.8) is 0 Å². The van der Waals surface area contributed by atoms with Crippen molar-refractivity contribution in [1.82, 2.24) is 5.32 Å². The molecule has 0 saturated heterocycles. The van der Waals surface area contributed by atoms with Crippen molar-refractivity contribution in [2.45, 2.75) is 38.1 Å². The second-order valence-electron chi connectivity index (χ2n) is 6.15. The van der Waals surface area contributed by atoms with Gasteiger partial charge >= 0.3 is 12.0 Å². The molecule has 2 fully saturated rings. The number of urea groups is 1. The van der Waals surface area contributed by atoms with Gasteiger partial charge in [0.15, 0.2) is 0 Å². The van der Waals surface area contributed by atoms with Crippen LogP contribution in [-0.2, 0) is 11.2 Å². The summed E-state index contributed by atoms with van der Waals surface area (Å²) in [6.45, 7) is 0. The zero-order valence-corrected chi connectivity index (χ0v) is 11.8. The third kappa shape index (κ3) is 3.35. The molecule has 3 atom stereocenters. The van der Waals surface area contributed by atoms with Crippen molar-refractivity contribution >= 4 is 17.7 Å². The molecular weight excluding hydrogens is 268 g/mol. The highest BCUT2D eigenvalue weighted by molar-refractivity contribution is 5.89. The quantitative estimate of drug-likeness (QED) is 0.797. The second-order valence-corrected chi connectivity index (χ2v) is 6.15. The van der Waals surface area contributed by atoms with E-state index < -0.39 is 5.97 Å². The molecule has 5 heteroatoms. The highest BCUT2D eigenvalue weighted by Crippen LogP contribution is 2.44. The Morgan fingerprint density at radius 1 is 1.14 bits per heavy atom. The minimum Gasteiger partial charge on any atom is -0.481 e. The number of carbonyl (C=O) groups excluding carboxylic acids is 1. The molecule has 0 aliphatic heterocycles. The van der Waals surface area contributed by atoms with E-state index in [1.165, 1.54) is 19.3 Å². The third-order valence-corrected chi connectivity index (χ3v) is 4.62. The number of carbonyl (C=O) groups is 2. The van der Waals surface area contributed by atoms with Gasteiger partial charge in [-0.15, -0.1) is 0 Å². The van der Waals surface area contributed by atoms with Crippen LogP contribution in [0.25, 0.3) is 0 Å². The number of nitrogens with one attached hydrogen (secondary N) is 2. The molecule has 0 heterocycles. The Kier molecular flexibility index (Phi) is 3.82. The SMILES string of the molecule is O=C(O)Cc1ccc(NC(=O)NC2CC3CCC2C3)cc1. The summed E-state index contributed by atoms with van der Waals surface area (Å²) in [4.78, 5) is 22.6. The van der Waals surface area contributed by atoms with Crippen molar-refractivity contribution in [3.05, 3.63) is 29.8 Å². The van der Waals surface area contributed by atoms with Gasteiger partial charge in [0.05, 0.1) is 6.42 Å². The van der Waals surface area contributed by atoms with E-state index in [-0.39, 0.29) is 12.5 Å². The Morgan fingerprint density at radius 2 is 1.90 bits per heavy atom. The van der Waals surface area contributed by atoms with Gasteiger partial charge in [0.25, 0.3) is 0 Å². The predicted molar refractivity (Wildman–Crippen MR) is 79.2 cm³/mol. The maximum Gasteiger partial charge on any atom is 0.319 e. The highest BCUT2D eigenvalue weighted by atomic mass is 16.4. The fraction of sp³-hybridized carbons (Fsp3) is 0.500. The molecule has 3 rings (SSSR count). The Hall–Kier alpha value is -2.04. The second kappa shape index (κ2) is 5.76. The number of fused-ring (bicyclic) bond motifs is 2. The van der Waals surface area contributed by atoms with Gasteiger partial charge in [0, 0.05) is 11.7 Å². The molecular formula is C16H20N2O3. The van der Waals surface area contributed by atoms with Crippen LogP contribution in [0.2, 0.25) is 0 Å². The smallest absolute Gasteiger partial charge is 0.319 e. The molecule has 112 valence electrons. The molecule has 3 N–H and O–H groups in total. The zero-order valence-electron chi connectivity index (χ0n) is 11.8. The number of hydrogen-bond donors (Lipinski definition) is 3. The number of benzene rings is 1. The zero-order chi connectivity index (χ0) is 14.8. The molecule has 3 unspecified atom stereocenters. The lowest BCUT2D eigenvalue weighted by atomic mass is 9.95. The summed E-state index contributed by atoms with van der Waals surface area (Å²) < 4.78 is 0. The molecule has 21 heavy (non-hydrogen) atoms. The van der Waals surface area contributed by atoms with E-state index in [4.69, 9.17) is 5.11 Å². The molecule has 1 aromatic carbocycles. The monoisotopic (exact) mass is 288 g/mol. The number of aliphatic carboxylic acids is 1. The average Bonchev–Trinajstić information content (AvgIpc) is 3.02. The molecule has 2 aliphatic rings. The van der Waals surface area contributed by atoms with Gasteiger partial charge in [-0.25, -0.2) is 4.79 Å². The van der Waals surface area contributed by atoms with E-state index in [2.05, 4.69) is 10.6 Å². The molecule has 1 aromatic rings. The molecule has 0 spiro atoms. The summed E-state index contributed by atoms with van der Waals surface area (Å²) in [5.74, 6) is 0.596. The fourth-order valence-corrected chi connectivity index (χ4v) is 3.64. The number of hydrogen-bond acceptors (Lipinski definition) is 2. The van der Waals surface area contributed by atoms with Crippen molar-refractivity contribution < 1.29 is 14.7 Å². The number of carboxylic acid groups (broad SMARTS) is 1. The minimum absolute atomic E-state index is 0.00236. The first-order valence-corrected chi connectivity index (χ1v) is 7.48. The highest BCUT2D eigenvalue weighted by Gasteiger charge is 2.40. The van der Waals surface area contributed by atoms with E-state index in [0.717, 1.165) is 17.9 Å². The van der Waals surface area contributed by atoms with Crippen LogP contribution in [-0.4, -0.2) is 23.1 Å². The Balaban J connectivity index is 1.51. The summed E-state index contributed by atoms with van der Waals surface area (Å²) in [5.41, 5.74) is 1.41. The lowest BCUT2D eigenvalue weighted by Gasteiger charge is -2.23. The summed E-state index contributed by atoms with van der Waals surface area (Å²) in [5, 5.41) is 14.6. The van der Waals surface area contributed by atoms with Crippen LogP contribution in [0.5, 0.6) is 0 Å². The summed E-state index contributed by atoms with van der Waals surface area (Å²) in [7, 11) is 0. The van der Waals surface area contributed by atoms with Crippen LogP contribution in [0.1, 0.15) is 31.2 Å². The van der Waals surface area contributed by atoms with Gasteiger partial charge in [-0.05, 0) is 48.8 Å². The Bertz CT molecular complexity index is 541. The Morgan fingerprint density at radius 3 is 2.48 bits per heavy atom. The van der Waals surface area contributed by atoms with Gasteiger partial charge < -0.3 is 15.7 Å². The minimum atomic E-state index is -0.857. The number of anilines is 1. The van der Waals surface area contributed by atoms with Crippen LogP contribution in [0.3, 0.4) is 0 Å². The van der Waals surface area contributed by atoms with E-state index in [0.29, 0.717) is 17.6 Å². The van der Waals surface area contributed by atoms with E-state index in [1.807, 2.05) is 0 Å². The number of rotatable bonds is 4. The molecule has 0 aromatic heterocycles. The van der Waals surface area contributed by atoms with E-state index in [9.17, 15) is 9.59 Å². The van der Waals surface area contributed by atoms with E-state index >= 15 is 0 Å². The lowest BCUT2D eigenvalue weighted by molar-refractivity contribution is -0.136. The van der Waals surface area contributed by atoms with Crippen molar-refractivity contribution in [2.75, 3.05) is 5.32 Å². The van der Waals surface area contributed by atoms with Gasteiger partial charge in [-0.1, -0.05) is 18.6 Å². The average molecular weight is 288 g/mol.